The maximum Gasteiger partial charge on any atom is 0.413 e. The van der Waals surface area contributed by atoms with Gasteiger partial charge in [0, 0.05) is 18.5 Å². The van der Waals surface area contributed by atoms with Crippen molar-refractivity contribution in [2.24, 2.45) is 0 Å². The fourth-order valence-electron chi connectivity index (χ4n) is 2.52. The van der Waals surface area contributed by atoms with Crippen molar-refractivity contribution in [3.63, 3.8) is 0 Å². The predicted molar refractivity (Wildman–Crippen MR) is 77.0 cm³/mol. The van der Waals surface area contributed by atoms with Crippen molar-refractivity contribution in [1.82, 2.24) is 14.9 Å². The Bertz CT molecular complexity index is 668. The number of fused-ring (bicyclic) bond motifs is 3. The summed E-state index contributed by atoms with van der Waals surface area (Å²) in [5, 5.41) is 2.79. The molecule has 0 atom stereocenters. The number of amides is 1. The van der Waals surface area contributed by atoms with Crippen LogP contribution in [0.2, 0.25) is 0 Å². The minimum atomic E-state index is -0.446. The first-order chi connectivity index (χ1) is 9.44. The van der Waals surface area contributed by atoms with E-state index in [1.807, 2.05) is 32.9 Å². The molecular formula is C15H19N3O2. The Balaban J connectivity index is 1.91. The molecule has 0 saturated heterocycles. The lowest BCUT2D eigenvalue weighted by Gasteiger charge is -2.19. The summed E-state index contributed by atoms with van der Waals surface area (Å²) in [7, 11) is 0. The van der Waals surface area contributed by atoms with Gasteiger partial charge in [-0.15, -0.1) is 0 Å². The molecule has 1 aliphatic rings. The van der Waals surface area contributed by atoms with Gasteiger partial charge in [-0.05, 0) is 39.3 Å². The molecule has 106 valence electrons. The summed E-state index contributed by atoms with van der Waals surface area (Å²) >= 11 is 0. The first kappa shape index (κ1) is 13.0. The van der Waals surface area contributed by atoms with E-state index in [9.17, 15) is 4.79 Å². The van der Waals surface area contributed by atoms with Crippen LogP contribution in [0.4, 0.5) is 4.79 Å². The van der Waals surface area contributed by atoms with E-state index in [4.69, 9.17) is 4.74 Å². The number of benzene rings is 1. The molecule has 5 nitrogen and oxygen atoms in total. The molecule has 3 rings (SSSR count). The fraction of sp³-hybridized carbons (Fsp3) is 0.467. The number of nitrogens with one attached hydrogen (secondary N) is 1. The molecule has 1 N–H and O–H groups in total. The molecule has 5 heteroatoms. The summed E-state index contributed by atoms with van der Waals surface area (Å²) in [6.07, 6.45) is 1.68. The molecule has 1 aromatic heterocycles. The second-order valence-corrected chi connectivity index (χ2v) is 6.17. The Morgan fingerprint density at radius 2 is 2.20 bits per heavy atom. The molecule has 0 fully saturated rings. The maximum absolute atomic E-state index is 11.9. The number of rotatable bonds is 1. The zero-order valence-electron chi connectivity index (χ0n) is 12.1. The SMILES string of the molecule is CC(C)(C)NC(=O)Oc1cccc2c1nc1n2CCC1. The number of ether oxygens (including phenoxy) is 1. The third kappa shape index (κ3) is 2.35. The lowest BCUT2D eigenvalue weighted by Crippen LogP contribution is -2.42. The van der Waals surface area contributed by atoms with Gasteiger partial charge < -0.3 is 14.6 Å². The highest BCUT2D eigenvalue weighted by Crippen LogP contribution is 2.29. The average molecular weight is 273 g/mol. The minimum absolute atomic E-state index is 0.319. The molecule has 2 heterocycles. The quantitative estimate of drug-likeness (QED) is 0.869. The van der Waals surface area contributed by atoms with Crippen LogP contribution in [0, 0.1) is 0 Å². The van der Waals surface area contributed by atoms with Crippen LogP contribution in [-0.4, -0.2) is 21.2 Å². The van der Waals surface area contributed by atoms with Crippen molar-refractivity contribution in [3.8, 4) is 5.75 Å². The monoisotopic (exact) mass is 273 g/mol. The number of imidazole rings is 1. The maximum atomic E-state index is 11.9. The molecule has 1 amide bonds. The molecule has 0 bridgehead atoms. The van der Waals surface area contributed by atoms with Crippen LogP contribution in [0.15, 0.2) is 18.2 Å². The number of aromatic nitrogens is 2. The molecule has 1 aromatic carbocycles. The van der Waals surface area contributed by atoms with E-state index in [1.54, 1.807) is 6.07 Å². The van der Waals surface area contributed by atoms with Crippen LogP contribution < -0.4 is 10.1 Å². The van der Waals surface area contributed by atoms with Crippen LogP contribution in [0.5, 0.6) is 5.75 Å². The highest BCUT2D eigenvalue weighted by Gasteiger charge is 2.20. The Morgan fingerprint density at radius 3 is 2.95 bits per heavy atom. The van der Waals surface area contributed by atoms with Crippen LogP contribution in [0.1, 0.15) is 33.0 Å². The van der Waals surface area contributed by atoms with Gasteiger partial charge in [0.2, 0.25) is 0 Å². The van der Waals surface area contributed by atoms with E-state index < -0.39 is 6.09 Å². The lowest BCUT2D eigenvalue weighted by molar-refractivity contribution is 0.191. The van der Waals surface area contributed by atoms with E-state index in [1.165, 1.54) is 0 Å². The van der Waals surface area contributed by atoms with Crippen LogP contribution in [-0.2, 0) is 13.0 Å². The fourth-order valence-corrected chi connectivity index (χ4v) is 2.52. The van der Waals surface area contributed by atoms with Gasteiger partial charge in [0.05, 0.1) is 5.52 Å². The first-order valence-electron chi connectivity index (χ1n) is 6.92. The van der Waals surface area contributed by atoms with E-state index in [0.29, 0.717) is 5.75 Å². The van der Waals surface area contributed by atoms with Gasteiger partial charge in [-0.3, -0.25) is 0 Å². The van der Waals surface area contributed by atoms with E-state index >= 15 is 0 Å². The number of carbonyl (C=O) groups is 1. The molecule has 20 heavy (non-hydrogen) atoms. The number of hydrogen-bond donors (Lipinski definition) is 1. The Labute approximate surface area is 117 Å². The summed E-state index contributed by atoms with van der Waals surface area (Å²) in [6.45, 7) is 6.74. The van der Waals surface area contributed by atoms with E-state index in [2.05, 4.69) is 14.9 Å². The number of nitrogens with zero attached hydrogens (tertiary/aromatic N) is 2. The summed E-state index contributed by atoms with van der Waals surface area (Å²) < 4.78 is 7.61. The first-order valence-corrected chi connectivity index (χ1v) is 6.92. The van der Waals surface area contributed by atoms with Crippen LogP contribution in [0.25, 0.3) is 11.0 Å². The average Bonchev–Trinajstić information content (AvgIpc) is 2.87. The molecule has 0 aliphatic carbocycles. The van der Waals surface area contributed by atoms with Crippen molar-refractivity contribution in [2.75, 3.05) is 0 Å². The van der Waals surface area contributed by atoms with Gasteiger partial charge in [0.15, 0.2) is 5.75 Å². The molecule has 0 unspecified atom stereocenters. The Hall–Kier alpha value is -2.04. The summed E-state index contributed by atoms with van der Waals surface area (Å²) in [4.78, 5) is 16.5. The predicted octanol–water partition coefficient (Wildman–Crippen LogP) is 2.87. The second-order valence-electron chi connectivity index (χ2n) is 6.17. The smallest absolute Gasteiger partial charge is 0.408 e. The highest BCUT2D eigenvalue weighted by atomic mass is 16.6. The highest BCUT2D eigenvalue weighted by molar-refractivity contribution is 5.85. The van der Waals surface area contributed by atoms with Gasteiger partial charge in [-0.25, -0.2) is 9.78 Å². The van der Waals surface area contributed by atoms with Gasteiger partial charge in [-0.2, -0.15) is 0 Å². The van der Waals surface area contributed by atoms with E-state index in [-0.39, 0.29) is 5.54 Å². The number of aryl methyl sites for hydroxylation is 2. The van der Waals surface area contributed by atoms with Gasteiger partial charge in [0.25, 0.3) is 0 Å². The molecule has 2 aromatic rings. The van der Waals surface area contributed by atoms with Crippen LogP contribution >= 0.6 is 0 Å². The normalized spacial score (nSPS) is 14.3. The van der Waals surface area contributed by atoms with Gasteiger partial charge >= 0.3 is 6.09 Å². The topological polar surface area (TPSA) is 56.1 Å². The Kier molecular flexibility index (Phi) is 2.92. The second kappa shape index (κ2) is 4.51. The summed E-state index contributed by atoms with van der Waals surface area (Å²) in [5.41, 5.74) is 1.49. The van der Waals surface area contributed by atoms with Crippen molar-refractivity contribution >= 4 is 17.1 Å². The largest absolute Gasteiger partial charge is 0.413 e. The van der Waals surface area contributed by atoms with Gasteiger partial charge in [0.1, 0.15) is 11.3 Å². The summed E-state index contributed by atoms with van der Waals surface area (Å²) in [5.74, 6) is 1.60. The van der Waals surface area contributed by atoms with Crippen molar-refractivity contribution in [1.29, 1.82) is 0 Å². The number of hydrogen-bond acceptors (Lipinski definition) is 3. The van der Waals surface area contributed by atoms with Crippen molar-refractivity contribution < 1.29 is 9.53 Å². The third-order valence-corrected chi connectivity index (χ3v) is 3.28. The van der Waals surface area contributed by atoms with Crippen molar-refractivity contribution in [3.05, 3.63) is 24.0 Å². The Morgan fingerprint density at radius 1 is 1.40 bits per heavy atom. The molecule has 0 spiro atoms. The van der Waals surface area contributed by atoms with E-state index in [0.717, 1.165) is 36.2 Å². The zero-order valence-corrected chi connectivity index (χ0v) is 12.1. The van der Waals surface area contributed by atoms with Crippen LogP contribution in [0.3, 0.4) is 0 Å². The summed E-state index contributed by atoms with van der Waals surface area (Å²) in [6, 6.07) is 5.70. The van der Waals surface area contributed by atoms with Gasteiger partial charge in [-0.1, -0.05) is 6.07 Å². The molecule has 1 aliphatic heterocycles. The van der Waals surface area contributed by atoms with Crippen molar-refractivity contribution in [2.45, 2.75) is 45.7 Å². The standard InChI is InChI=1S/C15H19N3O2/c1-15(2,3)17-14(19)20-11-7-4-6-10-13(11)16-12-8-5-9-18(10)12/h4,6-7H,5,8-9H2,1-3H3,(H,17,19). The molecule has 0 saturated carbocycles. The zero-order chi connectivity index (χ0) is 14.3. The number of para-hydroxylation sites is 1. The number of carbonyl (C=O) groups excluding carboxylic acids is 1. The third-order valence-electron chi connectivity index (χ3n) is 3.28. The molecular weight excluding hydrogens is 254 g/mol. The molecule has 0 radical (unpaired) electrons. The lowest BCUT2D eigenvalue weighted by atomic mass is 10.1. The minimum Gasteiger partial charge on any atom is -0.408 e.